The molecule has 0 aliphatic rings. The van der Waals surface area contributed by atoms with Crippen molar-refractivity contribution in [3.63, 3.8) is 0 Å². The molecule has 0 aromatic heterocycles. The number of rotatable bonds is 5. The van der Waals surface area contributed by atoms with Crippen LogP contribution in [0, 0.1) is 6.92 Å². The van der Waals surface area contributed by atoms with Crippen LogP contribution in [0.1, 0.15) is 5.56 Å². The van der Waals surface area contributed by atoms with Crippen LogP contribution in [0.4, 0.5) is 5.69 Å². The van der Waals surface area contributed by atoms with Gasteiger partial charge in [-0.25, -0.2) is 0 Å². The summed E-state index contributed by atoms with van der Waals surface area (Å²) in [5, 5.41) is 0. The largest absolute Gasteiger partial charge is 0.496 e. The minimum Gasteiger partial charge on any atom is -0.496 e. The van der Waals surface area contributed by atoms with Gasteiger partial charge in [0.25, 0.3) is 0 Å². The predicted molar refractivity (Wildman–Crippen MR) is 69.6 cm³/mol. The van der Waals surface area contributed by atoms with Crippen molar-refractivity contribution >= 4 is 11.7 Å². The molecule has 0 saturated carbocycles. The molecule has 0 atom stereocenters. The van der Waals surface area contributed by atoms with E-state index < -0.39 is 0 Å². The van der Waals surface area contributed by atoms with E-state index in [0.717, 1.165) is 17.0 Å². The first kappa shape index (κ1) is 14.2. The minimum atomic E-state index is -0.298. The van der Waals surface area contributed by atoms with E-state index in [1.165, 1.54) is 7.11 Å². The van der Waals surface area contributed by atoms with Crippen LogP contribution < -0.4 is 14.4 Å². The lowest BCUT2D eigenvalue weighted by Crippen LogP contribution is -2.26. The standard InChI is InChI=1S/C13H19NO4/c1-9-11(16-3)7-6-10(13(9)18-5)14(2)8-12(15)17-4/h6-7H,8H2,1-5H3. The molecule has 100 valence electrons. The van der Waals surface area contributed by atoms with Crippen molar-refractivity contribution < 1.29 is 19.0 Å². The van der Waals surface area contributed by atoms with Gasteiger partial charge in [-0.05, 0) is 19.1 Å². The van der Waals surface area contributed by atoms with Gasteiger partial charge < -0.3 is 19.1 Å². The second-order valence-electron chi connectivity index (χ2n) is 3.88. The molecule has 0 spiro atoms. The molecule has 0 N–H and O–H groups in total. The number of hydrogen-bond donors (Lipinski definition) is 0. The third-order valence-corrected chi connectivity index (χ3v) is 2.76. The Morgan fingerprint density at radius 2 is 1.89 bits per heavy atom. The van der Waals surface area contributed by atoms with E-state index in [2.05, 4.69) is 4.74 Å². The van der Waals surface area contributed by atoms with E-state index in [1.807, 2.05) is 19.1 Å². The van der Waals surface area contributed by atoms with Crippen LogP contribution >= 0.6 is 0 Å². The number of esters is 1. The first-order valence-electron chi connectivity index (χ1n) is 5.54. The van der Waals surface area contributed by atoms with E-state index >= 15 is 0 Å². The Kier molecular flexibility index (Phi) is 4.83. The summed E-state index contributed by atoms with van der Waals surface area (Å²) in [5.74, 6) is 1.15. The number of likely N-dealkylation sites (N-methyl/N-ethyl adjacent to an activating group) is 1. The highest BCUT2D eigenvalue weighted by atomic mass is 16.5. The highest BCUT2D eigenvalue weighted by Gasteiger charge is 2.16. The van der Waals surface area contributed by atoms with Gasteiger partial charge in [0.1, 0.15) is 18.0 Å². The molecule has 18 heavy (non-hydrogen) atoms. The molecule has 0 saturated heterocycles. The molecule has 0 amide bonds. The van der Waals surface area contributed by atoms with Crippen molar-refractivity contribution in [1.82, 2.24) is 0 Å². The third-order valence-electron chi connectivity index (χ3n) is 2.76. The molecular weight excluding hydrogens is 234 g/mol. The number of hydrogen-bond acceptors (Lipinski definition) is 5. The van der Waals surface area contributed by atoms with Crippen molar-refractivity contribution in [2.24, 2.45) is 0 Å². The lowest BCUT2D eigenvalue weighted by molar-refractivity contribution is -0.138. The average molecular weight is 253 g/mol. The van der Waals surface area contributed by atoms with Crippen molar-refractivity contribution in [2.75, 3.05) is 39.8 Å². The Morgan fingerprint density at radius 1 is 1.22 bits per heavy atom. The van der Waals surface area contributed by atoms with Crippen molar-refractivity contribution in [2.45, 2.75) is 6.92 Å². The van der Waals surface area contributed by atoms with Gasteiger partial charge in [0.15, 0.2) is 0 Å². The second kappa shape index (κ2) is 6.14. The SMILES string of the molecule is COC(=O)CN(C)c1ccc(OC)c(C)c1OC. The highest BCUT2D eigenvalue weighted by molar-refractivity contribution is 5.77. The van der Waals surface area contributed by atoms with Gasteiger partial charge in [0, 0.05) is 12.6 Å². The van der Waals surface area contributed by atoms with E-state index in [-0.39, 0.29) is 12.5 Å². The summed E-state index contributed by atoms with van der Waals surface area (Å²) >= 11 is 0. The maximum absolute atomic E-state index is 11.3. The molecule has 1 rings (SSSR count). The molecule has 0 aliphatic carbocycles. The Labute approximate surface area is 107 Å². The number of ether oxygens (including phenoxy) is 3. The molecule has 0 fully saturated rings. The smallest absolute Gasteiger partial charge is 0.325 e. The summed E-state index contributed by atoms with van der Waals surface area (Å²) < 4.78 is 15.3. The first-order valence-corrected chi connectivity index (χ1v) is 5.54. The summed E-state index contributed by atoms with van der Waals surface area (Å²) in [6.07, 6.45) is 0. The molecule has 0 heterocycles. The lowest BCUT2D eigenvalue weighted by Gasteiger charge is -2.22. The fourth-order valence-corrected chi connectivity index (χ4v) is 1.78. The quantitative estimate of drug-likeness (QED) is 0.746. The summed E-state index contributed by atoms with van der Waals surface area (Å²) in [6, 6.07) is 3.70. The minimum absolute atomic E-state index is 0.165. The fraction of sp³-hybridized carbons (Fsp3) is 0.462. The maximum atomic E-state index is 11.3. The van der Waals surface area contributed by atoms with Gasteiger partial charge in [0.2, 0.25) is 0 Å². The number of nitrogens with zero attached hydrogens (tertiary/aromatic N) is 1. The van der Waals surface area contributed by atoms with E-state index in [1.54, 1.807) is 26.2 Å². The average Bonchev–Trinajstić information content (AvgIpc) is 2.37. The van der Waals surface area contributed by atoms with Crippen molar-refractivity contribution in [1.29, 1.82) is 0 Å². The molecular formula is C13H19NO4. The maximum Gasteiger partial charge on any atom is 0.325 e. The van der Waals surface area contributed by atoms with Gasteiger partial charge in [-0.2, -0.15) is 0 Å². The number of anilines is 1. The van der Waals surface area contributed by atoms with Crippen LogP contribution in [0.15, 0.2) is 12.1 Å². The zero-order valence-electron chi connectivity index (χ0n) is 11.4. The molecule has 0 unspecified atom stereocenters. The van der Waals surface area contributed by atoms with Gasteiger partial charge in [-0.3, -0.25) is 4.79 Å². The molecule has 0 aliphatic heterocycles. The molecule has 5 nitrogen and oxygen atoms in total. The van der Waals surface area contributed by atoms with Crippen LogP contribution in [-0.4, -0.2) is 40.9 Å². The Balaban J connectivity index is 3.08. The molecule has 0 radical (unpaired) electrons. The van der Waals surface area contributed by atoms with Crippen LogP contribution in [-0.2, 0) is 9.53 Å². The highest BCUT2D eigenvalue weighted by Crippen LogP contribution is 2.36. The summed E-state index contributed by atoms with van der Waals surface area (Å²) in [6.45, 7) is 2.08. The van der Waals surface area contributed by atoms with Crippen LogP contribution in [0.3, 0.4) is 0 Å². The predicted octanol–water partition coefficient (Wildman–Crippen LogP) is 1.62. The Bertz CT molecular complexity index is 431. The topological polar surface area (TPSA) is 48.0 Å². The number of carbonyl (C=O) groups is 1. The molecule has 1 aromatic carbocycles. The number of benzene rings is 1. The van der Waals surface area contributed by atoms with Crippen LogP contribution in [0.25, 0.3) is 0 Å². The Morgan fingerprint density at radius 3 is 2.39 bits per heavy atom. The molecule has 5 heteroatoms. The van der Waals surface area contributed by atoms with E-state index in [0.29, 0.717) is 5.75 Å². The molecule has 1 aromatic rings. The zero-order chi connectivity index (χ0) is 13.7. The van der Waals surface area contributed by atoms with Gasteiger partial charge in [-0.15, -0.1) is 0 Å². The van der Waals surface area contributed by atoms with Gasteiger partial charge in [0.05, 0.1) is 27.0 Å². The van der Waals surface area contributed by atoms with Crippen molar-refractivity contribution in [3.8, 4) is 11.5 Å². The van der Waals surface area contributed by atoms with Crippen LogP contribution in [0.2, 0.25) is 0 Å². The normalized spacial score (nSPS) is 9.83. The number of methoxy groups -OCH3 is 3. The summed E-state index contributed by atoms with van der Waals surface area (Å²) in [7, 11) is 6.38. The number of carbonyl (C=O) groups excluding carboxylic acids is 1. The zero-order valence-corrected chi connectivity index (χ0v) is 11.4. The van der Waals surface area contributed by atoms with Gasteiger partial charge in [-0.1, -0.05) is 0 Å². The lowest BCUT2D eigenvalue weighted by atomic mass is 10.1. The summed E-state index contributed by atoms with van der Waals surface area (Å²) in [4.78, 5) is 13.0. The monoisotopic (exact) mass is 253 g/mol. The van der Waals surface area contributed by atoms with Gasteiger partial charge >= 0.3 is 5.97 Å². The Hall–Kier alpha value is -1.91. The van der Waals surface area contributed by atoms with Crippen LogP contribution in [0.5, 0.6) is 11.5 Å². The van der Waals surface area contributed by atoms with E-state index in [9.17, 15) is 4.79 Å². The van der Waals surface area contributed by atoms with Crippen molar-refractivity contribution in [3.05, 3.63) is 17.7 Å². The first-order chi connectivity index (χ1) is 8.54. The van der Waals surface area contributed by atoms with E-state index in [4.69, 9.17) is 9.47 Å². The fourth-order valence-electron chi connectivity index (χ4n) is 1.78. The summed E-state index contributed by atoms with van der Waals surface area (Å²) in [5.41, 5.74) is 1.72. The molecule has 0 bridgehead atoms. The second-order valence-corrected chi connectivity index (χ2v) is 3.88. The third kappa shape index (κ3) is 2.85.